The number of carboxylic acid groups (broad SMARTS) is 1. The number of ether oxygens (including phenoxy) is 2. The van der Waals surface area contributed by atoms with E-state index in [1.807, 2.05) is 24.3 Å². The summed E-state index contributed by atoms with van der Waals surface area (Å²) in [6.45, 7) is 0.269. The Hall–Kier alpha value is -4.21. The summed E-state index contributed by atoms with van der Waals surface area (Å²) in [5, 5.41) is 14.4. The standard InChI is InChI=1S/C31H33F3N2O5/c32-31(33,34)41-27-18-14-25(15-19-27)35-30(39)36-29(23-10-8-22(9-11-23)21-5-2-1-3-6-21)24-12-16-26(17-13-24)40-20-4-7-28(37)38/h8-19,21,29H,1-7,20H2,(H,37,38)(H2,35,36,39). The Morgan fingerprint density at radius 1 is 0.854 bits per heavy atom. The maximum atomic E-state index is 13.0. The number of hydrogen-bond donors (Lipinski definition) is 3. The largest absolute Gasteiger partial charge is 0.573 e. The second kappa shape index (κ2) is 13.9. The Bertz CT molecular complexity index is 1270. The lowest BCUT2D eigenvalue weighted by molar-refractivity contribution is -0.274. The Morgan fingerprint density at radius 3 is 2.02 bits per heavy atom. The van der Waals surface area contributed by atoms with E-state index in [-0.39, 0.29) is 18.8 Å². The van der Waals surface area contributed by atoms with E-state index in [0.29, 0.717) is 23.8 Å². The van der Waals surface area contributed by atoms with Crippen molar-refractivity contribution in [3.05, 3.63) is 89.5 Å². The number of alkyl halides is 3. The minimum Gasteiger partial charge on any atom is -0.494 e. The van der Waals surface area contributed by atoms with E-state index in [0.717, 1.165) is 23.3 Å². The first-order valence-electron chi connectivity index (χ1n) is 13.6. The summed E-state index contributed by atoms with van der Waals surface area (Å²) in [5.74, 6) is -0.147. The van der Waals surface area contributed by atoms with Gasteiger partial charge in [-0.25, -0.2) is 4.79 Å². The average molecular weight is 571 g/mol. The van der Waals surface area contributed by atoms with Crippen molar-refractivity contribution in [2.75, 3.05) is 11.9 Å². The molecule has 7 nitrogen and oxygen atoms in total. The van der Waals surface area contributed by atoms with Crippen LogP contribution in [-0.4, -0.2) is 30.1 Å². The van der Waals surface area contributed by atoms with Crippen LogP contribution < -0.4 is 20.1 Å². The van der Waals surface area contributed by atoms with Gasteiger partial charge in [0.2, 0.25) is 0 Å². The van der Waals surface area contributed by atoms with Crippen LogP contribution in [0.2, 0.25) is 0 Å². The van der Waals surface area contributed by atoms with Gasteiger partial charge < -0.3 is 25.2 Å². The molecule has 0 spiro atoms. The Balaban J connectivity index is 1.47. The number of carboxylic acids is 1. The highest BCUT2D eigenvalue weighted by molar-refractivity contribution is 5.89. The van der Waals surface area contributed by atoms with Crippen LogP contribution in [0.25, 0.3) is 0 Å². The van der Waals surface area contributed by atoms with Crippen LogP contribution in [0.1, 0.15) is 73.6 Å². The molecule has 0 radical (unpaired) electrons. The fraction of sp³-hybridized carbons (Fsp3) is 0.355. The lowest BCUT2D eigenvalue weighted by atomic mass is 9.83. The first kappa shape index (κ1) is 29.8. The van der Waals surface area contributed by atoms with Crippen LogP contribution in [-0.2, 0) is 4.79 Å². The number of halogens is 3. The molecule has 0 heterocycles. The molecule has 0 aromatic heterocycles. The summed E-state index contributed by atoms with van der Waals surface area (Å²) in [7, 11) is 0. The maximum Gasteiger partial charge on any atom is 0.573 e. The minimum absolute atomic E-state index is 0.0219. The fourth-order valence-corrected chi connectivity index (χ4v) is 4.96. The number of hydrogen-bond acceptors (Lipinski definition) is 4. The molecule has 10 heteroatoms. The van der Waals surface area contributed by atoms with Crippen LogP contribution >= 0.6 is 0 Å². The van der Waals surface area contributed by atoms with Crippen molar-refractivity contribution in [2.24, 2.45) is 0 Å². The average Bonchev–Trinajstić information content (AvgIpc) is 2.95. The van der Waals surface area contributed by atoms with Crippen molar-refractivity contribution in [1.29, 1.82) is 0 Å². The van der Waals surface area contributed by atoms with Crippen molar-refractivity contribution in [2.45, 2.75) is 63.3 Å². The molecule has 1 fully saturated rings. The van der Waals surface area contributed by atoms with E-state index in [1.54, 1.807) is 12.1 Å². The third-order valence-corrected chi connectivity index (χ3v) is 6.98. The number of carbonyl (C=O) groups excluding carboxylic acids is 1. The molecule has 1 saturated carbocycles. The highest BCUT2D eigenvalue weighted by atomic mass is 19.4. The molecular formula is C31H33F3N2O5. The van der Waals surface area contributed by atoms with Crippen LogP contribution in [0.5, 0.6) is 11.5 Å². The van der Waals surface area contributed by atoms with Gasteiger partial charge in [-0.2, -0.15) is 0 Å². The summed E-state index contributed by atoms with van der Waals surface area (Å²) in [4.78, 5) is 23.7. The van der Waals surface area contributed by atoms with Gasteiger partial charge in [0.1, 0.15) is 11.5 Å². The Labute approximate surface area is 236 Å². The predicted molar refractivity (Wildman–Crippen MR) is 148 cm³/mol. The van der Waals surface area contributed by atoms with Crippen molar-refractivity contribution in [3.63, 3.8) is 0 Å². The first-order valence-corrected chi connectivity index (χ1v) is 13.6. The Kier molecular flexibility index (Phi) is 10.1. The van der Waals surface area contributed by atoms with Crippen LogP contribution in [0, 0.1) is 0 Å². The normalized spacial score (nSPS) is 14.6. The van der Waals surface area contributed by atoms with Gasteiger partial charge in [0.25, 0.3) is 0 Å². The fourth-order valence-electron chi connectivity index (χ4n) is 4.96. The molecular weight excluding hydrogens is 537 g/mol. The predicted octanol–water partition coefficient (Wildman–Crippen LogP) is 7.79. The monoisotopic (exact) mass is 570 g/mol. The number of rotatable bonds is 11. The zero-order valence-corrected chi connectivity index (χ0v) is 22.5. The van der Waals surface area contributed by atoms with E-state index >= 15 is 0 Å². The molecule has 3 aromatic rings. The van der Waals surface area contributed by atoms with Crippen molar-refractivity contribution < 1.29 is 37.3 Å². The lowest BCUT2D eigenvalue weighted by Crippen LogP contribution is -2.33. The van der Waals surface area contributed by atoms with Gasteiger partial charge in [0.05, 0.1) is 12.6 Å². The van der Waals surface area contributed by atoms with Crippen molar-refractivity contribution in [1.82, 2.24) is 5.32 Å². The van der Waals surface area contributed by atoms with Gasteiger partial charge in [-0.3, -0.25) is 4.79 Å². The number of aliphatic carboxylic acids is 1. The third kappa shape index (κ3) is 9.44. The van der Waals surface area contributed by atoms with E-state index in [9.17, 15) is 22.8 Å². The van der Waals surface area contributed by atoms with Gasteiger partial charge in [0.15, 0.2) is 0 Å². The molecule has 0 aliphatic heterocycles. The summed E-state index contributed by atoms with van der Waals surface area (Å²) in [5.41, 5.74) is 3.23. The molecule has 1 aliphatic rings. The number of nitrogens with one attached hydrogen (secondary N) is 2. The van der Waals surface area contributed by atoms with Crippen molar-refractivity contribution >= 4 is 17.7 Å². The number of anilines is 1. The molecule has 1 unspecified atom stereocenters. The molecule has 0 saturated heterocycles. The quantitative estimate of drug-likeness (QED) is 0.205. The van der Waals surface area contributed by atoms with Gasteiger partial charge in [-0.05, 0) is 78.3 Å². The number of benzene rings is 3. The van der Waals surface area contributed by atoms with Gasteiger partial charge in [0, 0.05) is 12.1 Å². The van der Waals surface area contributed by atoms with Gasteiger partial charge >= 0.3 is 18.4 Å². The zero-order chi connectivity index (χ0) is 29.2. The summed E-state index contributed by atoms with van der Waals surface area (Å²) >= 11 is 0. The van der Waals surface area contributed by atoms with E-state index in [2.05, 4.69) is 27.5 Å². The molecule has 1 atom stereocenters. The number of carbonyl (C=O) groups is 2. The van der Waals surface area contributed by atoms with Gasteiger partial charge in [-0.1, -0.05) is 55.7 Å². The van der Waals surface area contributed by atoms with Crippen molar-refractivity contribution in [3.8, 4) is 11.5 Å². The SMILES string of the molecule is O=C(O)CCCOc1ccc(C(NC(=O)Nc2ccc(OC(F)(F)F)cc2)c2ccc(C3CCCCC3)cc2)cc1. The molecule has 3 aromatic carbocycles. The molecule has 1 aliphatic carbocycles. The second-order valence-electron chi connectivity index (χ2n) is 10.0. The highest BCUT2D eigenvalue weighted by Gasteiger charge is 2.31. The first-order chi connectivity index (χ1) is 19.7. The minimum atomic E-state index is -4.80. The second-order valence-corrected chi connectivity index (χ2v) is 10.0. The molecule has 0 bridgehead atoms. The van der Waals surface area contributed by atoms with E-state index < -0.39 is 24.4 Å². The Morgan fingerprint density at radius 2 is 1.44 bits per heavy atom. The number of urea groups is 1. The summed E-state index contributed by atoms with van der Waals surface area (Å²) in [6.07, 6.45) is 1.67. The topological polar surface area (TPSA) is 96.9 Å². The summed E-state index contributed by atoms with van der Waals surface area (Å²) in [6, 6.07) is 19.3. The lowest BCUT2D eigenvalue weighted by Gasteiger charge is -2.24. The molecule has 2 amide bonds. The molecule has 41 heavy (non-hydrogen) atoms. The van der Waals surface area contributed by atoms with Crippen LogP contribution in [0.4, 0.5) is 23.7 Å². The summed E-state index contributed by atoms with van der Waals surface area (Å²) < 4.78 is 46.9. The highest BCUT2D eigenvalue weighted by Crippen LogP contribution is 2.34. The molecule has 4 rings (SSSR count). The van der Waals surface area contributed by atoms with Crippen LogP contribution in [0.15, 0.2) is 72.8 Å². The molecule has 218 valence electrons. The number of amides is 2. The van der Waals surface area contributed by atoms with E-state index in [1.165, 1.54) is 49.8 Å². The third-order valence-electron chi connectivity index (χ3n) is 6.98. The zero-order valence-electron chi connectivity index (χ0n) is 22.5. The van der Waals surface area contributed by atoms with Crippen LogP contribution in [0.3, 0.4) is 0 Å². The smallest absolute Gasteiger partial charge is 0.494 e. The van der Waals surface area contributed by atoms with E-state index in [4.69, 9.17) is 9.84 Å². The maximum absolute atomic E-state index is 13.0. The van der Waals surface area contributed by atoms with Gasteiger partial charge in [-0.15, -0.1) is 13.2 Å². The molecule has 3 N–H and O–H groups in total.